The first-order chi connectivity index (χ1) is 17.0. The van der Waals surface area contributed by atoms with Crippen LogP contribution < -0.4 is 15.5 Å². The van der Waals surface area contributed by atoms with Crippen molar-refractivity contribution < 1.29 is 18.0 Å². The highest BCUT2D eigenvalue weighted by atomic mass is 19.3. The molecule has 0 atom stereocenters. The highest BCUT2D eigenvalue weighted by Crippen LogP contribution is 2.36. The molecule has 0 spiro atoms. The maximum atomic E-state index is 12.6. The quantitative estimate of drug-likeness (QED) is 0.389. The van der Waals surface area contributed by atoms with Crippen LogP contribution in [0.15, 0.2) is 41.1 Å². The van der Waals surface area contributed by atoms with Crippen LogP contribution in [0.4, 0.5) is 26.1 Å². The van der Waals surface area contributed by atoms with E-state index in [-0.39, 0.29) is 24.2 Å². The van der Waals surface area contributed by atoms with Crippen LogP contribution in [0.5, 0.6) is 0 Å². The fraction of sp³-hybridized carbons (Fsp3) is 0.360. The number of nitrogens with zero attached hydrogens (tertiary/aromatic N) is 4. The van der Waals surface area contributed by atoms with E-state index in [1.807, 2.05) is 24.3 Å². The zero-order chi connectivity index (χ0) is 24.1. The monoisotopic (exact) mass is 478 g/mol. The van der Waals surface area contributed by atoms with Crippen LogP contribution in [-0.2, 0) is 4.79 Å². The number of aromatic nitrogens is 3. The average Bonchev–Trinajstić information content (AvgIpc) is 3.59. The number of pyridine rings is 2. The number of anilines is 3. The van der Waals surface area contributed by atoms with Crippen molar-refractivity contribution in [2.24, 2.45) is 11.8 Å². The summed E-state index contributed by atoms with van der Waals surface area (Å²) in [7, 11) is 1.78. The Morgan fingerprint density at radius 2 is 2.00 bits per heavy atom. The molecule has 3 aromatic heterocycles. The number of hydrogen-bond donors (Lipinski definition) is 2. The van der Waals surface area contributed by atoms with Gasteiger partial charge in [0.25, 0.3) is 0 Å². The summed E-state index contributed by atoms with van der Waals surface area (Å²) < 4.78 is 31.3. The Balaban J connectivity index is 1.33. The van der Waals surface area contributed by atoms with Crippen LogP contribution >= 0.6 is 0 Å². The lowest BCUT2D eigenvalue weighted by molar-refractivity contribution is -0.117. The van der Waals surface area contributed by atoms with Crippen molar-refractivity contribution >= 4 is 45.1 Å². The van der Waals surface area contributed by atoms with Gasteiger partial charge in [-0.3, -0.25) is 4.79 Å². The predicted octanol–water partition coefficient (Wildman–Crippen LogP) is 4.92. The highest BCUT2D eigenvalue weighted by molar-refractivity contribution is 6.03. The molecule has 2 N–H and O–H groups in total. The van der Waals surface area contributed by atoms with E-state index < -0.39 is 6.43 Å². The van der Waals surface area contributed by atoms with Gasteiger partial charge in [0.15, 0.2) is 5.58 Å². The van der Waals surface area contributed by atoms with Crippen LogP contribution in [0.25, 0.3) is 33.3 Å². The molecule has 4 heterocycles. The van der Waals surface area contributed by atoms with Gasteiger partial charge in [-0.25, -0.2) is 23.7 Å². The summed E-state index contributed by atoms with van der Waals surface area (Å²) >= 11 is 0. The lowest BCUT2D eigenvalue weighted by Gasteiger charge is -2.41. The third kappa shape index (κ3) is 4.13. The minimum absolute atomic E-state index is 0.0162. The molecule has 1 aromatic carbocycles. The Hall–Kier alpha value is -3.82. The molecule has 8 nitrogen and oxygen atoms in total. The smallest absolute Gasteiger partial charge is 0.239 e. The van der Waals surface area contributed by atoms with E-state index in [1.165, 1.54) is 0 Å². The molecule has 0 bridgehead atoms. The van der Waals surface area contributed by atoms with Crippen LogP contribution in [0.1, 0.15) is 19.3 Å². The minimum atomic E-state index is -2.27. The number of halogens is 2. The summed E-state index contributed by atoms with van der Waals surface area (Å²) in [6.07, 6.45) is 2.87. The van der Waals surface area contributed by atoms with E-state index in [4.69, 9.17) is 9.40 Å². The Bertz CT molecular complexity index is 1430. The van der Waals surface area contributed by atoms with Gasteiger partial charge in [-0.15, -0.1) is 0 Å². The van der Waals surface area contributed by atoms with Crippen LogP contribution in [0.2, 0.25) is 0 Å². The Morgan fingerprint density at radius 3 is 2.74 bits per heavy atom. The predicted molar refractivity (Wildman–Crippen MR) is 130 cm³/mol. The molecule has 1 amide bonds. The van der Waals surface area contributed by atoms with E-state index in [0.29, 0.717) is 47.3 Å². The van der Waals surface area contributed by atoms with E-state index in [0.717, 1.165) is 29.3 Å². The largest absolute Gasteiger partial charge is 0.436 e. The number of hydrogen-bond acceptors (Lipinski definition) is 7. The second kappa shape index (κ2) is 8.44. The van der Waals surface area contributed by atoms with Crippen molar-refractivity contribution in [3.63, 3.8) is 0 Å². The summed E-state index contributed by atoms with van der Waals surface area (Å²) in [5.74, 6) is 1.61. The molecule has 1 saturated heterocycles. The molecular formula is C25H24F2N6O2. The highest BCUT2D eigenvalue weighted by Gasteiger charge is 2.31. The van der Waals surface area contributed by atoms with Crippen molar-refractivity contribution in [1.29, 1.82) is 0 Å². The van der Waals surface area contributed by atoms with Gasteiger partial charge in [0.1, 0.15) is 17.2 Å². The summed E-state index contributed by atoms with van der Waals surface area (Å²) in [6.45, 7) is 1.23. The number of carbonyl (C=O) groups excluding carboxylic acids is 1. The van der Waals surface area contributed by atoms with Crippen molar-refractivity contribution in [1.82, 2.24) is 15.0 Å². The first-order valence-corrected chi connectivity index (χ1v) is 11.7. The molecule has 1 aliphatic carbocycles. The van der Waals surface area contributed by atoms with Gasteiger partial charge < -0.3 is 20.0 Å². The molecule has 180 valence electrons. The summed E-state index contributed by atoms with van der Waals surface area (Å²) in [4.78, 5) is 27.9. The maximum absolute atomic E-state index is 12.6. The molecule has 0 radical (unpaired) electrons. The first kappa shape index (κ1) is 21.7. The molecule has 0 unspecified atom stereocenters. The molecule has 4 aromatic rings. The van der Waals surface area contributed by atoms with Crippen LogP contribution in [0.3, 0.4) is 0 Å². The number of amides is 1. The average molecular weight is 479 g/mol. The Kier molecular flexibility index (Phi) is 5.23. The van der Waals surface area contributed by atoms with Crippen molar-refractivity contribution in [3.05, 3.63) is 36.7 Å². The molecule has 1 aliphatic heterocycles. The SMILES string of the molecule is CNc1ncc(-c2nc3cc(N4CC(CC(F)F)C4)ccc3o2)c2cc(NC(=O)C3CC3)ncc12. The molecular weight excluding hydrogens is 454 g/mol. The number of oxazole rings is 1. The van der Waals surface area contributed by atoms with E-state index >= 15 is 0 Å². The maximum Gasteiger partial charge on any atom is 0.239 e. The van der Waals surface area contributed by atoms with Crippen molar-refractivity contribution in [2.75, 3.05) is 35.7 Å². The second-order valence-corrected chi connectivity index (χ2v) is 9.22. The third-order valence-electron chi connectivity index (χ3n) is 6.64. The topological polar surface area (TPSA) is 96.2 Å². The normalized spacial score (nSPS) is 16.2. The number of benzene rings is 1. The summed E-state index contributed by atoms with van der Waals surface area (Å²) in [5, 5.41) is 7.54. The summed E-state index contributed by atoms with van der Waals surface area (Å²) in [6, 6.07) is 7.51. The number of fused-ring (bicyclic) bond motifs is 2. The van der Waals surface area contributed by atoms with Gasteiger partial charge in [0, 0.05) is 61.3 Å². The standard InChI is InChI=1S/C25H24F2N6O2/c1-28-23-17-9-29-22(32-24(34)14-2-3-14)8-16(17)18(10-30-23)25-31-19-7-15(4-5-20(19)35-25)33-11-13(12-33)6-21(26)27/h4-5,7-10,13-14,21H,2-3,6,11-12H2,1H3,(H,28,30)(H,29,32,34). The van der Waals surface area contributed by atoms with Gasteiger partial charge in [-0.05, 0) is 43.0 Å². The Morgan fingerprint density at radius 1 is 1.17 bits per heavy atom. The fourth-order valence-corrected chi connectivity index (χ4v) is 4.56. The van der Waals surface area contributed by atoms with Crippen LogP contribution in [0, 0.1) is 11.8 Å². The molecule has 2 fully saturated rings. The summed E-state index contributed by atoms with van der Waals surface area (Å²) in [5.41, 5.74) is 2.92. The van der Waals surface area contributed by atoms with Gasteiger partial charge in [-0.2, -0.15) is 0 Å². The lowest BCUT2D eigenvalue weighted by atomic mass is 9.96. The zero-order valence-corrected chi connectivity index (χ0v) is 19.1. The number of alkyl halides is 2. The van der Waals surface area contributed by atoms with Crippen molar-refractivity contribution in [2.45, 2.75) is 25.7 Å². The van der Waals surface area contributed by atoms with Gasteiger partial charge in [-0.1, -0.05) is 0 Å². The minimum Gasteiger partial charge on any atom is -0.436 e. The van der Waals surface area contributed by atoms with Gasteiger partial charge >= 0.3 is 0 Å². The first-order valence-electron chi connectivity index (χ1n) is 11.7. The molecule has 6 rings (SSSR count). The molecule has 35 heavy (non-hydrogen) atoms. The van der Waals surface area contributed by atoms with E-state index in [1.54, 1.807) is 19.4 Å². The fourth-order valence-electron chi connectivity index (χ4n) is 4.56. The number of nitrogens with one attached hydrogen (secondary N) is 2. The number of rotatable bonds is 7. The second-order valence-electron chi connectivity index (χ2n) is 9.22. The molecule has 10 heteroatoms. The molecule has 2 aliphatic rings. The van der Waals surface area contributed by atoms with Crippen LogP contribution in [-0.4, -0.2) is 47.4 Å². The van der Waals surface area contributed by atoms with Crippen molar-refractivity contribution in [3.8, 4) is 11.5 Å². The number of carbonyl (C=O) groups is 1. The van der Waals surface area contributed by atoms with E-state index in [2.05, 4.69) is 25.5 Å². The zero-order valence-electron chi connectivity index (χ0n) is 19.1. The third-order valence-corrected chi connectivity index (χ3v) is 6.64. The molecule has 1 saturated carbocycles. The lowest BCUT2D eigenvalue weighted by Crippen LogP contribution is -2.47. The van der Waals surface area contributed by atoms with E-state index in [9.17, 15) is 13.6 Å². The Labute approximate surface area is 199 Å². The van der Waals surface area contributed by atoms with Gasteiger partial charge in [0.05, 0.1) is 5.56 Å². The van der Waals surface area contributed by atoms with Gasteiger partial charge in [0.2, 0.25) is 18.2 Å².